The van der Waals surface area contributed by atoms with Gasteiger partial charge in [-0.3, -0.25) is 9.89 Å². The molecule has 0 aliphatic rings. The number of fused-ring (bicyclic) bond motifs is 1. The summed E-state index contributed by atoms with van der Waals surface area (Å²) in [5.41, 5.74) is -0.683. The van der Waals surface area contributed by atoms with Crippen molar-refractivity contribution in [1.82, 2.24) is 10.2 Å². The van der Waals surface area contributed by atoms with Crippen molar-refractivity contribution in [2.45, 2.75) is 13.1 Å². The summed E-state index contributed by atoms with van der Waals surface area (Å²) in [5, 5.41) is 5.38. The van der Waals surface area contributed by atoms with E-state index in [0.717, 1.165) is 0 Å². The molecule has 0 aliphatic carbocycles. The van der Waals surface area contributed by atoms with E-state index < -0.39 is 11.9 Å². The first-order chi connectivity index (χ1) is 7.41. The van der Waals surface area contributed by atoms with Crippen LogP contribution in [0.25, 0.3) is 10.9 Å². The molecule has 6 heteroatoms. The zero-order chi connectivity index (χ0) is 11.9. The number of nitrogens with one attached hydrogen (secondary N) is 1. The maximum absolute atomic E-state index is 12.5. The van der Waals surface area contributed by atoms with Gasteiger partial charge in [-0.2, -0.15) is 18.3 Å². The Hall–Kier alpha value is -1.85. The Kier molecular flexibility index (Phi) is 2.22. The van der Waals surface area contributed by atoms with Gasteiger partial charge in [0.15, 0.2) is 5.78 Å². The third kappa shape index (κ3) is 1.56. The third-order valence-electron chi connectivity index (χ3n) is 2.25. The standard InChI is InChI=1S/C10H7F3N2O/c1-5(16)6-3-2-4-7-8(6)14-15-9(7)10(11,12)13/h2-4H,1H3,(H,14,15). The predicted molar refractivity (Wildman–Crippen MR) is 51.1 cm³/mol. The lowest BCUT2D eigenvalue weighted by atomic mass is 10.1. The highest BCUT2D eigenvalue weighted by Gasteiger charge is 2.35. The van der Waals surface area contributed by atoms with Gasteiger partial charge in [-0.05, 0) is 13.0 Å². The van der Waals surface area contributed by atoms with Crippen molar-refractivity contribution in [1.29, 1.82) is 0 Å². The highest BCUT2D eigenvalue weighted by atomic mass is 19.4. The zero-order valence-corrected chi connectivity index (χ0v) is 8.22. The topological polar surface area (TPSA) is 45.8 Å². The van der Waals surface area contributed by atoms with E-state index in [0.29, 0.717) is 0 Å². The van der Waals surface area contributed by atoms with Gasteiger partial charge >= 0.3 is 6.18 Å². The van der Waals surface area contributed by atoms with Crippen LogP contribution in [0.5, 0.6) is 0 Å². The Morgan fingerprint density at radius 3 is 2.62 bits per heavy atom. The molecule has 16 heavy (non-hydrogen) atoms. The van der Waals surface area contributed by atoms with E-state index in [1.807, 2.05) is 5.10 Å². The van der Waals surface area contributed by atoms with Crippen LogP contribution in [0.2, 0.25) is 0 Å². The fourth-order valence-corrected chi connectivity index (χ4v) is 1.54. The Balaban J connectivity index is 2.76. The van der Waals surface area contributed by atoms with Crippen molar-refractivity contribution in [3.05, 3.63) is 29.5 Å². The van der Waals surface area contributed by atoms with Gasteiger partial charge in [0, 0.05) is 10.9 Å². The van der Waals surface area contributed by atoms with Gasteiger partial charge in [0.25, 0.3) is 0 Å². The van der Waals surface area contributed by atoms with Crippen LogP contribution >= 0.6 is 0 Å². The molecule has 0 spiro atoms. The molecule has 84 valence electrons. The van der Waals surface area contributed by atoms with Crippen LogP contribution in [-0.2, 0) is 6.18 Å². The summed E-state index contributed by atoms with van der Waals surface area (Å²) in [6.45, 7) is 1.29. The minimum Gasteiger partial charge on any atom is -0.294 e. The van der Waals surface area contributed by atoms with E-state index in [1.54, 1.807) is 0 Å². The minimum absolute atomic E-state index is 0.0577. The number of H-pyrrole nitrogens is 1. The highest BCUT2D eigenvalue weighted by Crippen LogP contribution is 2.33. The summed E-state index contributed by atoms with van der Waals surface area (Å²) in [6.07, 6.45) is -4.50. The van der Waals surface area contributed by atoms with Gasteiger partial charge in [-0.1, -0.05) is 12.1 Å². The summed E-state index contributed by atoms with van der Waals surface area (Å²) in [6, 6.07) is 4.14. The summed E-state index contributed by atoms with van der Waals surface area (Å²) in [5.74, 6) is -0.314. The van der Waals surface area contributed by atoms with E-state index >= 15 is 0 Å². The number of hydrogen-bond donors (Lipinski definition) is 1. The number of ketones is 1. The minimum atomic E-state index is -4.50. The number of rotatable bonds is 1. The van der Waals surface area contributed by atoms with Crippen LogP contribution in [0.1, 0.15) is 23.0 Å². The van der Waals surface area contributed by atoms with Gasteiger partial charge in [-0.15, -0.1) is 0 Å². The zero-order valence-electron chi connectivity index (χ0n) is 8.22. The molecule has 2 aromatic rings. The quantitative estimate of drug-likeness (QED) is 0.763. The summed E-state index contributed by atoms with van der Waals surface area (Å²) < 4.78 is 37.6. The van der Waals surface area contributed by atoms with E-state index in [9.17, 15) is 18.0 Å². The van der Waals surface area contributed by atoms with Crippen molar-refractivity contribution >= 4 is 16.7 Å². The molecule has 1 aromatic heterocycles. The molecular formula is C10H7F3N2O. The molecule has 0 fully saturated rings. The second kappa shape index (κ2) is 3.33. The number of aromatic nitrogens is 2. The first-order valence-corrected chi connectivity index (χ1v) is 4.46. The lowest BCUT2D eigenvalue weighted by molar-refractivity contribution is -0.139. The molecular weight excluding hydrogens is 221 g/mol. The monoisotopic (exact) mass is 228 g/mol. The number of carbonyl (C=O) groups excluding carboxylic acids is 1. The van der Waals surface area contributed by atoms with Crippen molar-refractivity contribution < 1.29 is 18.0 Å². The number of halogens is 3. The number of nitrogens with zero attached hydrogens (tertiary/aromatic N) is 1. The molecule has 1 heterocycles. The van der Waals surface area contributed by atoms with Gasteiger partial charge in [0.05, 0.1) is 0 Å². The van der Waals surface area contributed by atoms with Gasteiger partial charge in [-0.25, -0.2) is 0 Å². The molecule has 0 unspecified atom stereocenters. The molecule has 3 nitrogen and oxygen atoms in total. The number of Topliss-reactive ketones (excluding diaryl/α,β-unsaturated/α-hetero) is 1. The average Bonchev–Trinajstić information content (AvgIpc) is 2.59. The maximum Gasteiger partial charge on any atom is 0.433 e. The van der Waals surface area contributed by atoms with Crippen molar-refractivity contribution in [2.75, 3.05) is 0 Å². The largest absolute Gasteiger partial charge is 0.433 e. The van der Waals surface area contributed by atoms with Crippen molar-refractivity contribution in [3.8, 4) is 0 Å². The van der Waals surface area contributed by atoms with Crippen molar-refractivity contribution in [3.63, 3.8) is 0 Å². The van der Waals surface area contributed by atoms with Gasteiger partial charge < -0.3 is 0 Å². The Morgan fingerprint density at radius 1 is 1.38 bits per heavy atom. The molecule has 0 saturated carbocycles. The number of benzene rings is 1. The molecule has 0 saturated heterocycles. The lowest BCUT2D eigenvalue weighted by Crippen LogP contribution is -2.05. The Morgan fingerprint density at radius 2 is 2.06 bits per heavy atom. The highest BCUT2D eigenvalue weighted by molar-refractivity contribution is 6.06. The summed E-state index contributed by atoms with van der Waals surface area (Å²) in [4.78, 5) is 11.2. The Labute approximate surface area is 88.3 Å². The van der Waals surface area contributed by atoms with E-state index in [1.165, 1.54) is 25.1 Å². The molecule has 0 amide bonds. The number of hydrogen-bond acceptors (Lipinski definition) is 2. The predicted octanol–water partition coefficient (Wildman–Crippen LogP) is 2.78. The summed E-state index contributed by atoms with van der Waals surface area (Å²) >= 11 is 0. The molecule has 0 aliphatic heterocycles. The Bertz CT molecular complexity index is 557. The van der Waals surface area contributed by atoms with E-state index in [4.69, 9.17) is 0 Å². The molecule has 2 rings (SSSR count). The lowest BCUT2D eigenvalue weighted by Gasteiger charge is -2.03. The van der Waals surface area contributed by atoms with Gasteiger partial charge in [0.1, 0.15) is 11.2 Å². The SMILES string of the molecule is CC(=O)c1cccc2c(C(F)(F)F)[nH]nc12. The van der Waals surface area contributed by atoms with Crippen molar-refractivity contribution in [2.24, 2.45) is 0 Å². The second-order valence-corrected chi connectivity index (χ2v) is 3.35. The van der Waals surface area contributed by atoms with Gasteiger partial charge in [0.2, 0.25) is 0 Å². The van der Waals surface area contributed by atoms with Crippen LogP contribution in [0, 0.1) is 0 Å². The van der Waals surface area contributed by atoms with Crippen LogP contribution in [0.15, 0.2) is 18.2 Å². The first-order valence-electron chi connectivity index (χ1n) is 4.46. The third-order valence-corrected chi connectivity index (χ3v) is 2.25. The van der Waals surface area contributed by atoms with Crippen LogP contribution in [0.3, 0.4) is 0 Å². The smallest absolute Gasteiger partial charge is 0.294 e. The van der Waals surface area contributed by atoms with Crippen LogP contribution in [0.4, 0.5) is 13.2 Å². The van der Waals surface area contributed by atoms with Crippen LogP contribution in [-0.4, -0.2) is 16.0 Å². The molecule has 0 bridgehead atoms. The van der Waals surface area contributed by atoms with Crippen LogP contribution < -0.4 is 0 Å². The average molecular weight is 228 g/mol. The number of carbonyl (C=O) groups is 1. The fraction of sp³-hybridized carbons (Fsp3) is 0.200. The summed E-state index contributed by atoms with van der Waals surface area (Å²) in [7, 11) is 0. The normalized spacial score (nSPS) is 12.0. The molecule has 0 atom stereocenters. The first kappa shape index (κ1) is 10.7. The maximum atomic E-state index is 12.5. The van der Waals surface area contributed by atoms with E-state index in [-0.39, 0.29) is 22.2 Å². The number of alkyl halides is 3. The van der Waals surface area contributed by atoms with E-state index in [2.05, 4.69) is 5.10 Å². The second-order valence-electron chi connectivity index (χ2n) is 3.35. The molecule has 1 aromatic carbocycles. The number of aromatic amines is 1. The molecule has 0 radical (unpaired) electrons. The fourth-order valence-electron chi connectivity index (χ4n) is 1.54. The molecule has 1 N–H and O–H groups in total. The number of para-hydroxylation sites is 1.